The summed E-state index contributed by atoms with van der Waals surface area (Å²) in [5.41, 5.74) is 1.35. The second kappa shape index (κ2) is 5.92. The van der Waals surface area contributed by atoms with Crippen LogP contribution in [0.2, 0.25) is 0 Å². The van der Waals surface area contributed by atoms with Crippen molar-refractivity contribution in [3.63, 3.8) is 0 Å². The molecule has 1 radical (unpaired) electrons. The first kappa shape index (κ1) is 10.7. The first-order chi connectivity index (χ1) is 7.45. The molecular weight excluding hydrogens is 184 g/mol. The van der Waals surface area contributed by atoms with Crippen LogP contribution in [-0.2, 0) is 11.2 Å². The van der Waals surface area contributed by atoms with Crippen LogP contribution >= 0.6 is 0 Å². The highest BCUT2D eigenvalue weighted by atomic mass is 16.5. The molecule has 1 aliphatic carbocycles. The maximum absolute atomic E-state index is 5.88. The zero-order valence-electron chi connectivity index (χ0n) is 9.24. The van der Waals surface area contributed by atoms with E-state index in [2.05, 4.69) is 18.2 Å². The van der Waals surface area contributed by atoms with Gasteiger partial charge in [-0.2, -0.15) is 0 Å². The van der Waals surface area contributed by atoms with Crippen molar-refractivity contribution in [2.45, 2.75) is 44.6 Å². The van der Waals surface area contributed by atoms with Gasteiger partial charge >= 0.3 is 0 Å². The normalized spacial score (nSPS) is 17.9. The van der Waals surface area contributed by atoms with Crippen molar-refractivity contribution in [3.05, 3.63) is 35.9 Å². The Kier molecular flexibility index (Phi) is 4.22. The second-order valence-corrected chi connectivity index (χ2v) is 4.29. The maximum Gasteiger partial charge on any atom is 0.0575 e. The van der Waals surface area contributed by atoms with Gasteiger partial charge in [-0.25, -0.2) is 0 Å². The highest BCUT2D eigenvalue weighted by molar-refractivity contribution is 5.13. The predicted molar refractivity (Wildman–Crippen MR) is 61.8 cm³/mol. The van der Waals surface area contributed by atoms with E-state index in [0.29, 0.717) is 6.10 Å². The lowest BCUT2D eigenvalue weighted by Gasteiger charge is -2.21. The fraction of sp³-hybridized carbons (Fsp3) is 0.571. The van der Waals surface area contributed by atoms with Gasteiger partial charge in [-0.05, 0) is 30.9 Å². The molecule has 0 N–H and O–H groups in total. The highest BCUT2D eigenvalue weighted by Gasteiger charge is 2.12. The van der Waals surface area contributed by atoms with Crippen LogP contribution in [-0.4, -0.2) is 12.7 Å². The smallest absolute Gasteiger partial charge is 0.0575 e. The van der Waals surface area contributed by atoms with E-state index in [-0.39, 0.29) is 0 Å². The maximum atomic E-state index is 5.88. The van der Waals surface area contributed by atoms with E-state index in [0.717, 1.165) is 13.0 Å². The standard InChI is InChI=1S/C14H19O/c1-3-7-13(8-4-1)11-12-15-14-9-5-2-6-10-14/h3-4,7-8,14H,2,5-6,9-12H2. The van der Waals surface area contributed by atoms with Gasteiger partial charge in [0, 0.05) is 0 Å². The Bertz CT molecular complexity index is 262. The average Bonchev–Trinajstić information content (AvgIpc) is 2.32. The fourth-order valence-corrected chi connectivity index (χ4v) is 2.16. The number of ether oxygens (including phenoxy) is 1. The molecule has 1 saturated carbocycles. The van der Waals surface area contributed by atoms with Crippen molar-refractivity contribution in [1.29, 1.82) is 0 Å². The first-order valence-corrected chi connectivity index (χ1v) is 6.02. The van der Waals surface area contributed by atoms with Gasteiger partial charge in [0.25, 0.3) is 0 Å². The van der Waals surface area contributed by atoms with Crippen molar-refractivity contribution in [2.75, 3.05) is 6.61 Å². The first-order valence-electron chi connectivity index (χ1n) is 6.02. The Morgan fingerprint density at radius 3 is 2.60 bits per heavy atom. The van der Waals surface area contributed by atoms with Gasteiger partial charge in [0.1, 0.15) is 0 Å². The Hall–Kier alpha value is -0.820. The largest absolute Gasteiger partial charge is 0.378 e. The Labute approximate surface area is 92.5 Å². The van der Waals surface area contributed by atoms with Crippen LogP contribution in [0.4, 0.5) is 0 Å². The van der Waals surface area contributed by atoms with E-state index in [1.807, 2.05) is 12.1 Å². The molecule has 0 amide bonds. The molecule has 0 aliphatic heterocycles. The zero-order valence-corrected chi connectivity index (χ0v) is 9.24. The third kappa shape index (κ3) is 3.67. The highest BCUT2D eigenvalue weighted by Crippen LogP contribution is 2.20. The molecule has 1 aromatic rings. The van der Waals surface area contributed by atoms with E-state index >= 15 is 0 Å². The molecule has 15 heavy (non-hydrogen) atoms. The summed E-state index contributed by atoms with van der Waals surface area (Å²) in [5, 5.41) is 0. The molecule has 1 fully saturated rings. The monoisotopic (exact) mass is 203 g/mol. The summed E-state index contributed by atoms with van der Waals surface area (Å²) in [4.78, 5) is 0. The van der Waals surface area contributed by atoms with Crippen LogP contribution in [0.5, 0.6) is 0 Å². The Balaban J connectivity index is 1.66. The number of rotatable bonds is 4. The summed E-state index contributed by atoms with van der Waals surface area (Å²) >= 11 is 0. The van der Waals surface area contributed by atoms with Crippen LogP contribution in [0, 0.1) is 6.07 Å². The van der Waals surface area contributed by atoms with Crippen LogP contribution in [0.25, 0.3) is 0 Å². The summed E-state index contributed by atoms with van der Waals surface area (Å²) in [6.45, 7) is 0.870. The van der Waals surface area contributed by atoms with Gasteiger partial charge in [-0.1, -0.05) is 43.5 Å². The molecule has 1 nitrogen and oxygen atoms in total. The van der Waals surface area contributed by atoms with Gasteiger partial charge in [-0.15, -0.1) is 0 Å². The summed E-state index contributed by atoms with van der Waals surface area (Å²) in [7, 11) is 0. The van der Waals surface area contributed by atoms with Gasteiger partial charge in [0.15, 0.2) is 0 Å². The molecule has 0 unspecified atom stereocenters. The lowest BCUT2D eigenvalue weighted by Crippen LogP contribution is -2.17. The summed E-state index contributed by atoms with van der Waals surface area (Å²) in [6, 6.07) is 11.2. The summed E-state index contributed by atoms with van der Waals surface area (Å²) in [6.07, 6.45) is 8.20. The van der Waals surface area contributed by atoms with E-state index in [4.69, 9.17) is 4.74 Å². The number of benzene rings is 1. The van der Waals surface area contributed by atoms with Crippen LogP contribution in [0.1, 0.15) is 37.7 Å². The Morgan fingerprint density at radius 2 is 1.87 bits per heavy atom. The zero-order chi connectivity index (χ0) is 10.3. The minimum atomic E-state index is 0.536. The van der Waals surface area contributed by atoms with Crippen LogP contribution < -0.4 is 0 Å². The van der Waals surface area contributed by atoms with E-state index in [9.17, 15) is 0 Å². The van der Waals surface area contributed by atoms with Gasteiger partial charge in [0.05, 0.1) is 12.7 Å². The molecule has 0 saturated heterocycles. The van der Waals surface area contributed by atoms with Crippen molar-refractivity contribution in [3.8, 4) is 0 Å². The molecule has 0 spiro atoms. The molecule has 2 rings (SSSR count). The summed E-state index contributed by atoms with van der Waals surface area (Å²) in [5.74, 6) is 0. The van der Waals surface area contributed by atoms with E-state index in [1.165, 1.54) is 37.7 Å². The second-order valence-electron chi connectivity index (χ2n) is 4.29. The van der Waals surface area contributed by atoms with Gasteiger partial charge in [0.2, 0.25) is 0 Å². The average molecular weight is 203 g/mol. The third-order valence-electron chi connectivity index (χ3n) is 3.08. The fourth-order valence-electron chi connectivity index (χ4n) is 2.16. The SMILES string of the molecule is [c]1ccc(CCOC2CCCCC2)cc1. The quantitative estimate of drug-likeness (QED) is 0.729. The van der Waals surface area contributed by atoms with Crippen molar-refractivity contribution < 1.29 is 4.74 Å². The Morgan fingerprint density at radius 1 is 1.13 bits per heavy atom. The van der Waals surface area contributed by atoms with Crippen molar-refractivity contribution >= 4 is 0 Å². The van der Waals surface area contributed by atoms with E-state index in [1.54, 1.807) is 0 Å². The topological polar surface area (TPSA) is 9.23 Å². The third-order valence-corrected chi connectivity index (χ3v) is 3.08. The molecule has 0 aromatic heterocycles. The number of hydrogen-bond donors (Lipinski definition) is 0. The number of hydrogen-bond acceptors (Lipinski definition) is 1. The molecule has 0 heterocycles. The predicted octanol–water partition coefficient (Wildman–Crippen LogP) is 3.38. The molecular formula is C14H19O. The minimum absolute atomic E-state index is 0.536. The lowest BCUT2D eigenvalue weighted by molar-refractivity contribution is 0.0303. The molecule has 0 atom stereocenters. The lowest BCUT2D eigenvalue weighted by atomic mass is 9.98. The van der Waals surface area contributed by atoms with E-state index < -0.39 is 0 Å². The van der Waals surface area contributed by atoms with Crippen molar-refractivity contribution in [1.82, 2.24) is 0 Å². The minimum Gasteiger partial charge on any atom is -0.378 e. The van der Waals surface area contributed by atoms with Crippen molar-refractivity contribution in [2.24, 2.45) is 0 Å². The molecule has 1 heteroatoms. The summed E-state index contributed by atoms with van der Waals surface area (Å²) < 4.78 is 5.88. The van der Waals surface area contributed by atoms with Crippen LogP contribution in [0.15, 0.2) is 24.3 Å². The van der Waals surface area contributed by atoms with Crippen LogP contribution in [0.3, 0.4) is 0 Å². The molecule has 1 aromatic carbocycles. The molecule has 81 valence electrons. The molecule has 1 aliphatic rings. The van der Waals surface area contributed by atoms with Gasteiger partial charge < -0.3 is 4.74 Å². The molecule has 0 bridgehead atoms. The van der Waals surface area contributed by atoms with Gasteiger partial charge in [-0.3, -0.25) is 0 Å².